The Labute approximate surface area is 94.1 Å². The van der Waals surface area contributed by atoms with Crippen molar-refractivity contribution in [3.05, 3.63) is 23.2 Å². The van der Waals surface area contributed by atoms with E-state index < -0.39 is 5.97 Å². The second-order valence-corrected chi connectivity index (χ2v) is 3.36. The molecule has 0 aliphatic rings. The average molecular weight is 222 g/mol. The molecule has 1 rings (SSSR count). The number of hydrogen-bond donors (Lipinski definition) is 0. The summed E-state index contributed by atoms with van der Waals surface area (Å²) in [6, 6.07) is 0. The van der Waals surface area contributed by atoms with Crippen molar-refractivity contribution in [1.29, 1.82) is 0 Å². The standard InChI is InChI=1S/C11H14N2O3/c1-7(2)5-8-10(11(14)16-4)12-6-9(13-8)15-3/h5-6H,1-4H3. The van der Waals surface area contributed by atoms with Crippen molar-refractivity contribution < 1.29 is 14.3 Å². The minimum Gasteiger partial charge on any atom is -0.480 e. The molecule has 0 aromatic carbocycles. The van der Waals surface area contributed by atoms with Gasteiger partial charge < -0.3 is 9.47 Å². The first-order chi connectivity index (χ1) is 7.58. The number of carbonyl (C=O) groups excluding carboxylic acids is 1. The summed E-state index contributed by atoms with van der Waals surface area (Å²) in [5.74, 6) is -0.150. The summed E-state index contributed by atoms with van der Waals surface area (Å²) < 4.78 is 9.57. The summed E-state index contributed by atoms with van der Waals surface area (Å²) >= 11 is 0. The largest absolute Gasteiger partial charge is 0.480 e. The molecule has 16 heavy (non-hydrogen) atoms. The third-order valence-corrected chi connectivity index (χ3v) is 1.79. The molecule has 0 bridgehead atoms. The number of nitrogens with zero attached hydrogens (tertiary/aromatic N) is 2. The van der Waals surface area contributed by atoms with E-state index in [4.69, 9.17) is 4.74 Å². The zero-order valence-electron chi connectivity index (χ0n) is 9.77. The van der Waals surface area contributed by atoms with E-state index >= 15 is 0 Å². The van der Waals surface area contributed by atoms with Crippen molar-refractivity contribution in [3.8, 4) is 5.88 Å². The van der Waals surface area contributed by atoms with Crippen LogP contribution in [0.3, 0.4) is 0 Å². The molecule has 86 valence electrons. The molecule has 5 heteroatoms. The van der Waals surface area contributed by atoms with Gasteiger partial charge in [0, 0.05) is 0 Å². The van der Waals surface area contributed by atoms with Gasteiger partial charge in [-0.3, -0.25) is 0 Å². The van der Waals surface area contributed by atoms with Crippen LogP contribution in [0.1, 0.15) is 30.0 Å². The minimum absolute atomic E-state index is 0.185. The Morgan fingerprint density at radius 1 is 1.38 bits per heavy atom. The van der Waals surface area contributed by atoms with Gasteiger partial charge in [-0.25, -0.2) is 14.8 Å². The fourth-order valence-electron chi connectivity index (χ4n) is 1.11. The molecule has 0 saturated carbocycles. The Morgan fingerprint density at radius 2 is 2.06 bits per heavy atom. The van der Waals surface area contributed by atoms with Crippen LogP contribution in [-0.4, -0.2) is 30.2 Å². The highest BCUT2D eigenvalue weighted by Gasteiger charge is 2.14. The van der Waals surface area contributed by atoms with Crippen LogP contribution in [0.5, 0.6) is 5.88 Å². The molecule has 0 N–H and O–H groups in total. The van der Waals surface area contributed by atoms with Crippen molar-refractivity contribution in [2.24, 2.45) is 0 Å². The Kier molecular flexibility index (Phi) is 3.99. The van der Waals surface area contributed by atoms with Gasteiger partial charge in [0.1, 0.15) is 5.69 Å². The van der Waals surface area contributed by atoms with E-state index in [1.807, 2.05) is 13.8 Å². The van der Waals surface area contributed by atoms with Gasteiger partial charge >= 0.3 is 5.97 Å². The summed E-state index contributed by atoms with van der Waals surface area (Å²) in [6.45, 7) is 3.81. The topological polar surface area (TPSA) is 61.3 Å². The van der Waals surface area contributed by atoms with Gasteiger partial charge in [0.25, 0.3) is 0 Å². The zero-order chi connectivity index (χ0) is 12.1. The van der Waals surface area contributed by atoms with Crippen LogP contribution in [0.4, 0.5) is 0 Å². The van der Waals surface area contributed by atoms with E-state index in [1.54, 1.807) is 6.08 Å². The van der Waals surface area contributed by atoms with E-state index in [-0.39, 0.29) is 5.69 Å². The summed E-state index contributed by atoms with van der Waals surface area (Å²) in [5.41, 5.74) is 1.64. The van der Waals surface area contributed by atoms with Crippen LogP contribution in [0.25, 0.3) is 6.08 Å². The maximum absolute atomic E-state index is 11.4. The lowest BCUT2D eigenvalue weighted by atomic mass is 10.2. The fraction of sp³-hybridized carbons (Fsp3) is 0.364. The van der Waals surface area contributed by atoms with Crippen LogP contribution < -0.4 is 4.74 Å². The lowest BCUT2D eigenvalue weighted by Gasteiger charge is -2.05. The predicted octanol–water partition coefficient (Wildman–Crippen LogP) is 1.70. The second-order valence-electron chi connectivity index (χ2n) is 3.36. The zero-order valence-corrected chi connectivity index (χ0v) is 9.77. The Bertz CT molecular complexity index is 423. The number of esters is 1. The highest BCUT2D eigenvalue weighted by molar-refractivity contribution is 5.90. The smallest absolute Gasteiger partial charge is 0.358 e. The third-order valence-electron chi connectivity index (χ3n) is 1.79. The van der Waals surface area contributed by atoms with Gasteiger partial charge in [-0.1, -0.05) is 5.57 Å². The number of ether oxygens (including phenoxy) is 2. The highest BCUT2D eigenvalue weighted by Crippen LogP contribution is 2.13. The number of rotatable bonds is 3. The maximum Gasteiger partial charge on any atom is 0.358 e. The van der Waals surface area contributed by atoms with E-state index in [0.29, 0.717) is 11.6 Å². The van der Waals surface area contributed by atoms with Gasteiger partial charge in [-0.05, 0) is 19.9 Å². The number of methoxy groups -OCH3 is 2. The Morgan fingerprint density at radius 3 is 2.56 bits per heavy atom. The van der Waals surface area contributed by atoms with E-state index in [0.717, 1.165) is 5.57 Å². The molecule has 0 atom stereocenters. The number of aromatic nitrogens is 2. The first-order valence-electron chi connectivity index (χ1n) is 4.72. The van der Waals surface area contributed by atoms with E-state index in [1.165, 1.54) is 20.4 Å². The lowest BCUT2D eigenvalue weighted by molar-refractivity contribution is 0.0593. The quantitative estimate of drug-likeness (QED) is 0.728. The number of hydrogen-bond acceptors (Lipinski definition) is 5. The van der Waals surface area contributed by atoms with Gasteiger partial charge in [-0.15, -0.1) is 0 Å². The Balaban J connectivity index is 3.27. The molecule has 0 spiro atoms. The Hall–Kier alpha value is -1.91. The van der Waals surface area contributed by atoms with Crippen LogP contribution in [-0.2, 0) is 4.74 Å². The van der Waals surface area contributed by atoms with Crippen LogP contribution in [0, 0.1) is 0 Å². The summed E-state index contributed by atoms with van der Waals surface area (Å²) in [5, 5.41) is 0. The average Bonchev–Trinajstić information content (AvgIpc) is 2.27. The molecule has 1 aromatic rings. The van der Waals surface area contributed by atoms with Gasteiger partial charge in [-0.2, -0.15) is 0 Å². The molecule has 0 unspecified atom stereocenters. The third kappa shape index (κ3) is 2.79. The van der Waals surface area contributed by atoms with Gasteiger partial charge in [0.15, 0.2) is 5.69 Å². The van der Waals surface area contributed by atoms with Crippen molar-refractivity contribution >= 4 is 12.0 Å². The molecule has 0 aliphatic heterocycles. The molecule has 0 radical (unpaired) electrons. The van der Waals surface area contributed by atoms with Gasteiger partial charge in [0.2, 0.25) is 5.88 Å². The van der Waals surface area contributed by atoms with E-state index in [9.17, 15) is 4.79 Å². The summed E-state index contributed by atoms with van der Waals surface area (Å²) in [6.07, 6.45) is 3.14. The molecule has 0 amide bonds. The molecule has 1 aromatic heterocycles. The molecular weight excluding hydrogens is 208 g/mol. The van der Waals surface area contributed by atoms with Crippen LogP contribution in [0.15, 0.2) is 11.8 Å². The van der Waals surface area contributed by atoms with Crippen molar-refractivity contribution in [3.63, 3.8) is 0 Å². The van der Waals surface area contributed by atoms with Crippen molar-refractivity contribution in [2.45, 2.75) is 13.8 Å². The lowest BCUT2D eigenvalue weighted by Crippen LogP contribution is -2.09. The molecule has 0 fully saturated rings. The number of allylic oxidation sites excluding steroid dienone is 1. The van der Waals surface area contributed by atoms with E-state index in [2.05, 4.69) is 14.7 Å². The number of carbonyl (C=O) groups is 1. The molecule has 0 saturated heterocycles. The maximum atomic E-state index is 11.4. The normalized spacial score (nSPS) is 9.50. The van der Waals surface area contributed by atoms with Crippen molar-refractivity contribution in [2.75, 3.05) is 14.2 Å². The van der Waals surface area contributed by atoms with Gasteiger partial charge in [0.05, 0.1) is 20.4 Å². The summed E-state index contributed by atoms with van der Waals surface area (Å²) in [7, 11) is 2.80. The molecule has 0 aliphatic carbocycles. The summed E-state index contributed by atoms with van der Waals surface area (Å²) in [4.78, 5) is 19.5. The first kappa shape index (κ1) is 12.2. The monoisotopic (exact) mass is 222 g/mol. The first-order valence-corrected chi connectivity index (χ1v) is 4.72. The fourth-order valence-corrected chi connectivity index (χ4v) is 1.11. The highest BCUT2D eigenvalue weighted by atomic mass is 16.5. The molecule has 5 nitrogen and oxygen atoms in total. The minimum atomic E-state index is -0.511. The second kappa shape index (κ2) is 5.25. The molecule has 1 heterocycles. The van der Waals surface area contributed by atoms with Crippen LogP contribution >= 0.6 is 0 Å². The van der Waals surface area contributed by atoms with Crippen LogP contribution in [0.2, 0.25) is 0 Å². The van der Waals surface area contributed by atoms with Crippen molar-refractivity contribution in [1.82, 2.24) is 9.97 Å². The SMILES string of the molecule is COC(=O)c1ncc(OC)nc1C=C(C)C. The predicted molar refractivity (Wildman–Crippen MR) is 59.2 cm³/mol. The molecular formula is C11H14N2O3.